The average molecular weight is 220 g/mol. The largest absolute Gasteiger partial charge is 0.360 e. The maximum atomic E-state index is 12.9. The third-order valence-electron chi connectivity index (χ3n) is 2.33. The number of hydrogen-bond acceptors (Lipinski definition) is 2. The molecule has 1 aromatic heterocycles. The lowest BCUT2D eigenvalue weighted by molar-refractivity contribution is -0.422. The quantitative estimate of drug-likeness (QED) is 0.624. The molecule has 0 fully saturated rings. The molecule has 1 heterocycles. The molecule has 0 radical (unpaired) electrons. The van der Waals surface area contributed by atoms with Crippen LogP contribution in [0.1, 0.15) is 12.5 Å². The first-order valence-corrected chi connectivity index (χ1v) is 4.67. The normalized spacial score (nSPS) is 12.0. The molecule has 4 nitrogen and oxygen atoms in total. The van der Waals surface area contributed by atoms with Gasteiger partial charge in [-0.15, -0.1) is 0 Å². The Hall–Kier alpha value is -2.17. The number of fused-ring (bicyclic) bond motifs is 1. The average Bonchev–Trinajstić information content (AvgIpc) is 2.60. The Labute approximate surface area is 90.5 Å². The van der Waals surface area contributed by atoms with E-state index in [1.807, 2.05) is 0 Å². The maximum absolute atomic E-state index is 12.9. The van der Waals surface area contributed by atoms with Gasteiger partial charge in [0.15, 0.2) is 0 Å². The standard InChI is InChI=1S/C11H9FN2O2/c1-7(14(15)16)4-8-6-13-11-5-9(12)2-3-10(8)11/h2-6,13H,1H3/b7-4+. The molecule has 0 amide bonds. The minimum Gasteiger partial charge on any atom is -0.360 e. The number of halogens is 1. The Morgan fingerprint density at radius 2 is 2.31 bits per heavy atom. The number of allylic oxidation sites excluding steroid dienone is 1. The summed E-state index contributed by atoms with van der Waals surface area (Å²) in [5, 5.41) is 11.2. The van der Waals surface area contributed by atoms with E-state index in [-0.39, 0.29) is 11.5 Å². The van der Waals surface area contributed by atoms with Gasteiger partial charge in [0.2, 0.25) is 5.70 Å². The number of hydrogen-bond donors (Lipinski definition) is 1. The Kier molecular flexibility index (Phi) is 2.44. The number of benzene rings is 1. The lowest BCUT2D eigenvalue weighted by atomic mass is 10.1. The van der Waals surface area contributed by atoms with Crippen LogP contribution in [-0.2, 0) is 0 Å². The maximum Gasteiger partial charge on any atom is 0.243 e. The van der Waals surface area contributed by atoms with Crippen molar-refractivity contribution in [2.75, 3.05) is 0 Å². The van der Waals surface area contributed by atoms with Gasteiger partial charge >= 0.3 is 0 Å². The molecule has 2 aromatic rings. The van der Waals surface area contributed by atoms with Gasteiger partial charge in [-0.2, -0.15) is 0 Å². The number of aromatic amines is 1. The van der Waals surface area contributed by atoms with E-state index < -0.39 is 4.92 Å². The van der Waals surface area contributed by atoms with Crippen LogP contribution in [0.4, 0.5) is 4.39 Å². The van der Waals surface area contributed by atoms with E-state index in [4.69, 9.17) is 0 Å². The Morgan fingerprint density at radius 1 is 1.56 bits per heavy atom. The van der Waals surface area contributed by atoms with Crippen LogP contribution < -0.4 is 0 Å². The summed E-state index contributed by atoms with van der Waals surface area (Å²) in [7, 11) is 0. The van der Waals surface area contributed by atoms with Crippen molar-refractivity contribution < 1.29 is 9.31 Å². The van der Waals surface area contributed by atoms with Crippen molar-refractivity contribution in [1.82, 2.24) is 4.98 Å². The van der Waals surface area contributed by atoms with Gasteiger partial charge in [0.25, 0.3) is 0 Å². The first-order chi connectivity index (χ1) is 7.58. The summed E-state index contributed by atoms with van der Waals surface area (Å²) in [6.45, 7) is 1.42. The SMILES string of the molecule is C/C(=C\c1c[nH]c2cc(F)ccc12)[N+](=O)[O-]. The van der Waals surface area contributed by atoms with Crippen molar-refractivity contribution in [1.29, 1.82) is 0 Å². The predicted molar refractivity (Wildman–Crippen MR) is 58.9 cm³/mol. The Morgan fingerprint density at radius 3 is 3.00 bits per heavy atom. The first kappa shape index (κ1) is 10.4. The molecule has 0 aliphatic rings. The molecule has 0 spiro atoms. The van der Waals surface area contributed by atoms with E-state index in [9.17, 15) is 14.5 Å². The number of aromatic nitrogens is 1. The first-order valence-electron chi connectivity index (χ1n) is 4.67. The molecule has 82 valence electrons. The Balaban J connectivity index is 2.55. The van der Waals surface area contributed by atoms with Crippen molar-refractivity contribution >= 4 is 17.0 Å². The highest BCUT2D eigenvalue weighted by molar-refractivity contribution is 5.88. The summed E-state index contributed by atoms with van der Waals surface area (Å²) in [4.78, 5) is 12.9. The highest BCUT2D eigenvalue weighted by atomic mass is 19.1. The van der Waals surface area contributed by atoms with E-state index >= 15 is 0 Å². The van der Waals surface area contributed by atoms with Crippen LogP contribution in [0, 0.1) is 15.9 Å². The van der Waals surface area contributed by atoms with E-state index in [2.05, 4.69) is 4.98 Å². The predicted octanol–water partition coefficient (Wildman–Crippen LogP) is 2.94. The second-order valence-electron chi connectivity index (χ2n) is 3.48. The molecule has 0 saturated carbocycles. The van der Waals surface area contributed by atoms with Crippen molar-refractivity contribution in [3.05, 3.63) is 51.6 Å². The van der Waals surface area contributed by atoms with Crippen LogP contribution in [0.25, 0.3) is 17.0 Å². The second-order valence-corrected chi connectivity index (χ2v) is 3.48. The molecule has 0 bridgehead atoms. The molecule has 0 atom stereocenters. The molecule has 0 saturated heterocycles. The molecule has 16 heavy (non-hydrogen) atoms. The third kappa shape index (κ3) is 1.79. The van der Waals surface area contributed by atoms with Crippen LogP contribution in [0.15, 0.2) is 30.1 Å². The van der Waals surface area contributed by atoms with Gasteiger partial charge in [-0.3, -0.25) is 10.1 Å². The van der Waals surface area contributed by atoms with Crippen LogP contribution in [0.3, 0.4) is 0 Å². The number of nitrogens with zero attached hydrogens (tertiary/aromatic N) is 1. The van der Waals surface area contributed by atoms with Gasteiger partial charge < -0.3 is 4.98 Å². The zero-order valence-electron chi connectivity index (χ0n) is 8.53. The topological polar surface area (TPSA) is 58.9 Å². The zero-order valence-corrected chi connectivity index (χ0v) is 8.53. The lowest BCUT2D eigenvalue weighted by Gasteiger charge is -1.92. The number of rotatable bonds is 2. The van der Waals surface area contributed by atoms with Gasteiger partial charge in [0.05, 0.1) is 4.92 Å². The van der Waals surface area contributed by atoms with E-state index in [1.54, 1.807) is 12.3 Å². The van der Waals surface area contributed by atoms with E-state index in [0.29, 0.717) is 11.1 Å². The summed E-state index contributed by atoms with van der Waals surface area (Å²) in [5.41, 5.74) is 1.36. The van der Waals surface area contributed by atoms with Crippen LogP contribution >= 0.6 is 0 Å². The van der Waals surface area contributed by atoms with Gasteiger partial charge in [-0.05, 0) is 18.2 Å². The summed E-state index contributed by atoms with van der Waals surface area (Å²) < 4.78 is 12.9. The molecular formula is C11H9FN2O2. The lowest BCUT2D eigenvalue weighted by Crippen LogP contribution is -1.92. The number of nitro groups is 1. The van der Waals surface area contributed by atoms with Crippen LogP contribution in [-0.4, -0.2) is 9.91 Å². The summed E-state index contributed by atoms with van der Waals surface area (Å²) in [6.07, 6.45) is 3.08. The molecule has 0 aliphatic carbocycles. The van der Waals surface area contributed by atoms with Crippen molar-refractivity contribution in [3.8, 4) is 0 Å². The van der Waals surface area contributed by atoms with Crippen LogP contribution in [0.2, 0.25) is 0 Å². The number of nitrogens with one attached hydrogen (secondary N) is 1. The van der Waals surface area contributed by atoms with Gasteiger partial charge in [0, 0.05) is 35.7 Å². The second kappa shape index (κ2) is 3.77. The molecule has 0 unspecified atom stereocenters. The fourth-order valence-electron chi connectivity index (χ4n) is 1.52. The van der Waals surface area contributed by atoms with Crippen molar-refractivity contribution in [2.45, 2.75) is 6.92 Å². The molecule has 1 aromatic carbocycles. The van der Waals surface area contributed by atoms with Gasteiger partial charge in [0.1, 0.15) is 5.82 Å². The molecule has 1 N–H and O–H groups in total. The summed E-state index contributed by atoms with van der Waals surface area (Å²) >= 11 is 0. The summed E-state index contributed by atoms with van der Waals surface area (Å²) in [6, 6.07) is 4.28. The number of H-pyrrole nitrogens is 1. The van der Waals surface area contributed by atoms with Crippen LogP contribution in [0.5, 0.6) is 0 Å². The molecule has 0 aliphatic heterocycles. The smallest absolute Gasteiger partial charge is 0.243 e. The van der Waals surface area contributed by atoms with Gasteiger partial charge in [-0.1, -0.05) is 0 Å². The van der Waals surface area contributed by atoms with E-state index in [1.165, 1.54) is 25.1 Å². The molecule has 2 rings (SSSR count). The minimum absolute atomic E-state index is 0.0465. The molecular weight excluding hydrogens is 211 g/mol. The minimum atomic E-state index is -0.456. The zero-order chi connectivity index (χ0) is 11.7. The van der Waals surface area contributed by atoms with Gasteiger partial charge in [-0.25, -0.2) is 4.39 Å². The van der Waals surface area contributed by atoms with Crippen molar-refractivity contribution in [3.63, 3.8) is 0 Å². The monoisotopic (exact) mass is 220 g/mol. The third-order valence-corrected chi connectivity index (χ3v) is 2.33. The van der Waals surface area contributed by atoms with Crippen molar-refractivity contribution in [2.24, 2.45) is 0 Å². The molecule has 5 heteroatoms. The fourth-order valence-corrected chi connectivity index (χ4v) is 1.52. The summed E-state index contributed by atoms with van der Waals surface area (Å²) in [5.74, 6) is -0.337. The van der Waals surface area contributed by atoms with E-state index in [0.717, 1.165) is 5.39 Å². The fraction of sp³-hybridized carbons (Fsp3) is 0.0909. The Bertz CT molecular complexity index is 587. The highest BCUT2D eigenvalue weighted by Crippen LogP contribution is 2.21. The highest BCUT2D eigenvalue weighted by Gasteiger charge is 2.07.